The molecule has 6 rings (SSSR count). The quantitative estimate of drug-likeness (QED) is 0.372. The van der Waals surface area contributed by atoms with Crippen LogP contribution in [0, 0.1) is 0 Å². The first-order valence-electron chi connectivity index (χ1n) is 12.1. The van der Waals surface area contributed by atoms with Crippen molar-refractivity contribution in [2.75, 3.05) is 31.2 Å². The Hall–Kier alpha value is -3.10. The Morgan fingerprint density at radius 1 is 1.13 bits per heavy atom. The Labute approximate surface area is 224 Å². The van der Waals surface area contributed by atoms with Crippen molar-refractivity contribution >= 4 is 34.3 Å². The fraction of sp³-hybridized carbons (Fsp3) is 0.440. The predicted molar refractivity (Wildman–Crippen MR) is 133 cm³/mol. The molecule has 210 valence electrons. The van der Waals surface area contributed by atoms with Crippen molar-refractivity contribution in [1.29, 1.82) is 0 Å². The van der Waals surface area contributed by atoms with E-state index in [1.54, 1.807) is 0 Å². The third-order valence-electron chi connectivity index (χ3n) is 6.74. The van der Waals surface area contributed by atoms with Gasteiger partial charge < -0.3 is 39.4 Å². The van der Waals surface area contributed by atoms with Gasteiger partial charge in [-0.1, -0.05) is 23.7 Å². The van der Waals surface area contributed by atoms with Gasteiger partial charge in [-0.2, -0.15) is 18.2 Å². The summed E-state index contributed by atoms with van der Waals surface area (Å²) in [4.78, 5) is 18.8. The summed E-state index contributed by atoms with van der Waals surface area (Å²) in [7, 11) is 0. The lowest BCUT2D eigenvalue weighted by Gasteiger charge is -2.18. The number of imidazole rings is 1. The van der Waals surface area contributed by atoms with Crippen LogP contribution in [0.2, 0.25) is 5.02 Å². The molecule has 0 aliphatic carbocycles. The van der Waals surface area contributed by atoms with E-state index in [1.165, 1.54) is 0 Å². The highest BCUT2D eigenvalue weighted by molar-refractivity contribution is 6.34. The molecule has 0 radical (unpaired) electrons. The van der Waals surface area contributed by atoms with E-state index < -0.39 is 18.2 Å². The van der Waals surface area contributed by atoms with Crippen LogP contribution < -0.4 is 9.64 Å². The molecule has 0 saturated carbocycles. The van der Waals surface area contributed by atoms with Crippen LogP contribution in [-0.2, 0) is 14.3 Å². The molecular weight excluding hydrogens is 547 g/mol. The molecule has 4 heterocycles. The van der Waals surface area contributed by atoms with Crippen LogP contribution in [0.15, 0.2) is 36.4 Å². The molecule has 3 aliphatic rings. The molecule has 14 heteroatoms. The Morgan fingerprint density at radius 3 is 2.46 bits per heavy atom. The van der Waals surface area contributed by atoms with Gasteiger partial charge in [0.25, 0.3) is 6.01 Å². The lowest BCUT2D eigenvalue weighted by Crippen LogP contribution is -2.34. The van der Waals surface area contributed by atoms with Crippen molar-refractivity contribution in [3.8, 4) is 17.1 Å². The van der Waals surface area contributed by atoms with Crippen molar-refractivity contribution in [1.82, 2.24) is 9.97 Å². The number of nitrogens with one attached hydrogen (secondary N) is 1. The number of alkyl halides is 3. The van der Waals surface area contributed by atoms with Crippen molar-refractivity contribution in [3.63, 3.8) is 0 Å². The van der Waals surface area contributed by atoms with Gasteiger partial charge >= 0.3 is 12.1 Å². The minimum atomic E-state index is -5.08. The van der Waals surface area contributed by atoms with Crippen molar-refractivity contribution in [2.45, 2.75) is 43.1 Å². The third-order valence-corrected chi connectivity index (χ3v) is 7.06. The average molecular weight is 572 g/mol. The first-order chi connectivity index (χ1) is 18.5. The Morgan fingerprint density at radius 2 is 1.82 bits per heavy atom. The third kappa shape index (κ3) is 5.92. The zero-order chi connectivity index (χ0) is 27.9. The van der Waals surface area contributed by atoms with E-state index in [4.69, 9.17) is 35.7 Å². The molecule has 3 aromatic rings. The van der Waals surface area contributed by atoms with Gasteiger partial charge in [0.1, 0.15) is 18.3 Å². The molecule has 1 aromatic heterocycles. The Balaban J connectivity index is 0.000000392. The smallest absolute Gasteiger partial charge is 0.475 e. The van der Waals surface area contributed by atoms with Gasteiger partial charge in [0.2, 0.25) is 0 Å². The minimum absolute atomic E-state index is 0.255. The number of anilines is 1. The lowest BCUT2D eigenvalue weighted by molar-refractivity contribution is -0.192. The summed E-state index contributed by atoms with van der Waals surface area (Å²) in [6.45, 7) is 2.13. The number of benzene rings is 2. The number of carboxylic acids is 1. The molecule has 3 saturated heterocycles. The number of aromatic nitrogens is 2. The summed E-state index contributed by atoms with van der Waals surface area (Å²) >= 11 is 6.59. The number of aromatic amines is 1. The van der Waals surface area contributed by atoms with E-state index in [0.717, 1.165) is 40.8 Å². The van der Waals surface area contributed by atoms with Gasteiger partial charge in [0, 0.05) is 24.3 Å². The van der Waals surface area contributed by atoms with Crippen LogP contribution in [0.5, 0.6) is 6.01 Å². The van der Waals surface area contributed by atoms with Crippen LogP contribution in [0.3, 0.4) is 0 Å². The Bertz CT molecular complexity index is 1340. The molecule has 0 bridgehead atoms. The molecule has 10 nitrogen and oxygen atoms in total. The van der Waals surface area contributed by atoms with E-state index in [-0.39, 0.29) is 31.0 Å². The van der Waals surface area contributed by atoms with E-state index in [2.05, 4.69) is 27.0 Å². The molecule has 39 heavy (non-hydrogen) atoms. The number of aliphatic carboxylic acids is 1. The van der Waals surface area contributed by atoms with Crippen LogP contribution in [0.4, 0.5) is 18.9 Å². The topological polar surface area (TPSA) is 137 Å². The van der Waals surface area contributed by atoms with Gasteiger partial charge in [-0.25, -0.2) is 4.79 Å². The number of ether oxygens (including phenoxy) is 3. The first kappa shape index (κ1) is 27.5. The molecule has 0 unspecified atom stereocenters. The SMILES string of the molecule is O=C(O)C(F)(F)F.O[C@@H]1CCN(c2ccc(-c3cc4nc(O[C@@H]5CO[C@H]6[C@@H]5OC[C@H]6O)[nH]c4cc3Cl)cc2)C1. The van der Waals surface area contributed by atoms with Crippen LogP contribution in [0.1, 0.15) is 6.42 Å². The Kier molecular flexibility index (Phi) is 7.62. The molecule has 0 spiro atoms. The highest BCUT2D eigenvalue weighted by Gasteiger charge is 2.48. The fourth-order valence-electron chi connectivity index (χ4n) is 4.80. The van der Waals surface area contributed by atoms with Gasteiger partial charge in [0.15, 0.2) is 6.10 Å². The predicted octanol–water partition coefficient (Wildman–Crippen LogP) is 2.99. The van der Waals surface area contributed by atoms with Crippen LogP contribution in [0.25, 0.3) is 22.2 Å². The van der Waals surface area contributed by atoms with Gasteiger partial charge in [-0.15, -0.1) is 0 Å². The average Bonchev–Trinajstić information content (AvgIpc) is 3.66. The fourth-order valence-corrected chi connectivity index (χ4v) is 5.07. The summed E-state index contributed by atoms with van der Waals surface area (Å²) in [6, 6.07) is 12.3. The number of carboxylic acid groups (broad SMARTS) is 1. The molecule has 0 amide bonds. The monoisotopic (exact) mass is 571 g/mol. The molecule has 3 aliphatic heterocycles. The molecule has 4 N–H and O–H groups in total. The van der Waals surface area contributed by atoms with Crippen LogP contribution >= 0.6 is 11.6 Å². The number of aliphatic hydroxyl groups is 2. The second-order valence-electron chi connectivity index (χ2n) is 9.45. The number of H-pyrrole nitrogens is 1. The largest absolute Gasteiger partial charge is 0.490 e. The maximum absolute atomic E-state index is 10.6. The zero-order valence-corrected chi connectivity index (χ0v) is 21.0. The van der Waals surface area contributed by atoms with Crippen molar-refractivity contribution < 1.29 is 47.5 Å². The van der Waals surface area contributed by atoms with E-state index in [0.29, 0.717) is 24.2 Å². The van der Waals surface area contributed by atoms with Gasteiger partial charge in [0.05, 0.1) is 35.4 Å². The molecule has 2 aromatic carbocycles. The standard InChI is InChI=1S/C23H24ClN3O5.C2HF3O2/c24-16-8-18-17(25-23(26-18)32-20-11-31-21-19(29)10-30-22(20)21)7-15(16)12-1-3-13(4-2-12)27-6-5-14(28)9-27;3-2(4,5)1(6)7/h1-4,7-8,14,19-22,28-29H,5-6,9-11H2,(H,25,26);(H,6,7)/t14-,19-,20-,21-,22-;/m1./s1. The molecule has 5 atom stereocenters. The second kappa shape index (κ2) is 10.8. The number of carbonyl (C=O) groups is 1. The summed E-state index contributed by atoms with van der Waals surface area (Å²) in [5.74, 6) is -2.76. The van der Waals surface area contributed by atoms with Crippen molar-refractivity contribution in [3.05, 3.63) is 41.4 Å². The maximum Gasteiger partial charge on any atom is 0.490 e. The number of nitrogens with zero attached hydrogens (tertiary/aromatic N) is 2. The summed E-state index contributed by atoms with van der Waals surface area (Å²) in [6.07, 6.45) is -6.13. The van der Waals surface area contributed by atoms with Crippen LogP contribution in [-0.4, -0.2) is 94.3 Å². The summed E-state index contributed by atoms with van der Waals surface area (Å²) in [5.41, 5.74) is 4.49. The van der Waals surface area contributed by atoms with E-state index in [1.807, 2.05) is 24.3 Å². The number of β-amino-alcohol motifs (C(OH)–C–C–N with tert-alkyl or cyclic N) is 1. The summed E-state index contributed by atoms with van der Waals surface area (Å²) < 4.78 is 49.0. The minimum Gasteiger partial charge on any atom is -0.475 e. The lowest BCUT2D eigenvalue weighted by atomic mass is 10.0. The maximum atomic E-state index is 10.6. The number of fused-ring (bicyclic) bond motifs is 2. The number of hydrogen-bond donors (Lipinski definition) is 4. The highest BCUT2D eigenvalue weighted by atomic mass is 35.5. The van der Waals surface area contributed by atoms with Gasteiger partial charge in [-0.3, -0.25) is 0 Å². The number of halogens is 4. The number of aliphatic hydroxyl groups excluding tert-OH is 2. The zero-order valence-electron chi connectivity index (χ0n) is 20.3. The van der Waals surface area contributed by atoms with Crippen molar-refractivity contribution in [2.24, 2.45) is 0 Å². The number of rotatable bonds is 4. The molecular formula is C25H25ClF3N3O7. The number of hydrogen-bond acceptors (Lipinski definition) is 8. The van der Waals surface area contributed by atoms with E-state index in [9.17, 15) is 23.4 Å². The molecule has 3 fully saturated rings. The first-order valence-corrected chi connectivity index (χ1v) is 12.5. The second-order valence-corrected chi connectivity index (χ2v) is 9.86. The summed E-state index contributed by atoms with van der Waals surface area (Å²) in [5, 5.41) is 27.4. The highest BCUT2D eigenvalue weighted by Crippen LogP contribution is 2.35. The van der Waals surface area contributed by atoms with Gasteiger partial charge in [-0.05, 0) is 36.2 Å². The normalized spacial score (nSPS) is 26.4. The van der Waals surface area contributed by atoms with E-state index >= 15 is 0 Å².